The van der Waals surface area contributed by atoms with Gasteiger partial charge in [-0.15, -0.1) is 12.4 Å². The highest BCUT2D eigenvalue weighted by molar-refractivity contribution is 6.04. The molecule has 2 aliphatic heterocycles. The van der Waals surface area contributed by atoms with Gasteiger partial charge in [-0.1, -0.05) is 6.07 Å². The molecule has 7 nitrogen and oxygen atoms in total. The number of amidine groups is 1. The predicted molar refractivity (Wildman–Crippen MR) is 105 cm³/mol. The lowest BCUT2D eigenvalue weighted by Crippen LogP contribution is -2.52. The van der Waals surface area contributed by atoms with Crippen molar-refractivity contribution >= 4 is 29.8 Å². The molecule has 3 heterocycles. The monoisotopic (exact) mass is 400 g/mol. The zero-order valence-electron chi connectivity index (χ0n) is 14.9. The highest BCUT2D eigenvalue weighted by atomic mass is 35.5. The summed E-state index contributed by atoms with van der Waals surface area (Å²) in [6.45, 7) is 0.959. The standard InChI is InChI=1S/C19H17FN6O.ClH/c20-14-2-1-3-15-16(14)17(22)25-19(24-15)6-8-26(9-7-19)18(27)12-4-5-13(10-21)23-11-12;/h1-5,11,24H,6-9H2,(H2,22,25);1H. The number of aliphatic imine (C=N–C) groups is 1. The molecule has 1 saturated heterocycles. The van der Waals surface area contributed by atoms with Crippen molar-refractivity contribution in [3.05, 3.63) is 59.2 Å². The highest BCUT2D eigenvalue weighted by Crippen LogP contribution is 2.35. The molecular formula is C19H18ClFN6O. The fraction of sp³-hybridized carbons (Fsp3) is 0.263. The quantitative estimate of drug-likeness (QED) is 0.763. The molecule has 28 heavy (non-hydrogen) atoms. The number of benzene rings is 1. The number of nitrogens with zero attached hydrogens (tertiary/aromatic N) is 4. The minimum atomic E-state index is -0.634. The Morgan fingerprint density at radius 2 is 2.04 bits per heavy atom. The lowest BCUT2D eigenvalue weighted by molar-refractivity contribution is 0.0685. The van der Waals surface area contributed by atoms with Crippen LogP contribution in [0.15, 0.2) is 41.5 Å². The van der Waals surface area contributed by atoms with Crippen molar-refractivity contribution in [2.45, 2.75) is 18.5 Å². The summed E-state index contributed by atoms with van der Waals surface area (Å²) in [5.41, 5.74) is 7.02. The van der Waals surface area contributed by atoms with Gasteiger partial charge in [0.25, 0.3) is 5.91 Å². The predicted octanol–water partition coefficient (Wildman–Crippen LogP) is 2.28. The second-order valence-corrected chi connectivity index (χ2v) is 6.65. The molecule has 1 spiro atoms. The van der Waals surface area contributed by atoms with E-state index in [2.05, 4.69) is 15.3 Å². The van der Waals surface area contributed by atoms with Gasteiger partial charge in [0.05, 0.1) is 11.1 Å². The molecule has 0 saturated carbocycles. The Balaban J connectivity index is 0.00000225. The topological polar surface area (TPSA) is 107 Å². The molecular weight excluding hydrogens is 383 g/mol. The molecule has 0 radical (unpaired) electrons. The smallest absolute Gasteiger partial charge is 0.255 e. The molecule has 1 amide bonds. The number of fused-ring (bicyclic) bond motifs is 1. The molecule has 4 rings (SSSR count). The molecule has 0 aliphatic carbocycles. The average molecular weight is 401 g/mol. The Kier molecular flexibility index (Phi) is 5.21. The number of hydrogen-bond acceptors (Lipinski definition) is 6. The van der Waals surface area contributed by atoms with E-state index in [9.17, 15) is 9.18 Å². The SMILES string of the molecule is Cl.N#Cc1ccc(C(=O)N2CCC3(CC2)N=C(N)c2c(F)cccc2N3)cn1. The fourth-order valence-electron chi connectivity index (χ4n) is 3.54. The number of amides is 1. The van der Waals surface area contributed by atoms with Gasteiger partial charge in [-0.05, 0) is 24.3 Å². The van der Waals surface area contributed by atoms with E-state index < -0.39 is 11.5 Å². The van der Waals surface area contributed by atoms with Crippen LogP contribution in [-0.4, -0.2) is 40.4 Å². The maximum atomic E-state index is 14.0. The lowest BCUT2D eigenvalue weighted by Gasteiger charge is -2.42. The molecule has 1 aromatic carbocycles. The van der Waals surface area contributed by atoms with Gasteiger partial charge in [0, 0.05) is 37.8 Å². The molecule has 1 fully saturated rings. The Bertz CT molecular complexity index is 977. The first-order chi connectivity index (χ1) is 13.0. The summed E-state index contributed by atoms with van der Waals surface area (Å²) in [4.78, 5) is 22.8. The first-order valence-electron chi connectivity index (χ1n) is 8.59. The maximum absolute atomic E-state index is 14.0. The zero-order chi connectivity index (χ0) is 19.0. The van der Waals surface area contributed by atoms with Crippen LogP contribution in [0.1, 0.15) is 34.5 Å². The second-order valence-electron chi connectivity index (χ2n) is 6.65. The molecule has 2 aromatic rings. The van der Waals surface area contributed by atoms with Crippen LogP contribution in [0, 0.1) is 17.1 Å². The molecule has 0 atom stereocenters. The molecule has 3 N–H and O–H groups in total. The number of aromatic nitrogens is 1. The van der Waals surface area contributed by atoms with Gasteiger partial charge in [0.1, 0.15) is 29.1 Å². The summed E-state index contributed by atoms with van der Waals surface area (Å²) < 4.78 is 14.0. The minimum absolute atomic E-state index is 0. The Labute approximate surface area is 167 Å². The maximum Gasteiger partial charge on any atom is 0.255 e. The van der Waals surface area contributed by atoms with E-state index in [0.717, 1.165) is 0 Å². The van der Waals surface area contributed by atoms with Crippen molar-refractivity contribution in [3.63, 3.8) is 0 Å². The number of carbonyl (C=O) groups excluding carboxylic acids is 1. The molecule has 0 bridgehead atoms. The van der Waals surface area contributed by atoms with Crippen LogP contribution < -0.4 is 11.1 Å². The van der Waals surface area contributed by atoms with E-state index in [-0.39, 0.29) is 29.8 Å². The number of nitrogens with two attached hydrogens (primary N) is 1. The number of rotatable bonds is 1. The number of likely N-dealkylation sites (tertiary alicyclic amines) is 1. The van der Waals surface area contributed by atoms with Crippen LogP contribution in [-0.2, 0) is 0 Å². The first kappa shape index (κ1) is 19.6. The second kappa shape index (κ2) is 7.44. The number of anilines is 1. The van der Waals surface area contributed by atoms with Crippen LogP contribution >= 0.6 is 12.4 Å². The Hall–Kier alpha value is -3.18. The first-order valence-corrected chi connectivity index (χ1v) is 8.59. The van der Waals surface area contributed by atoms with E-state index in [4.69, 9.17) is 11.0 Å². The summed E-state index contributed by atoms with van der Waals surface area (Å²) in [5, 5.41) is 12.1. The van der Waals surface area contributed by atoms with Crippen molar-refractivity contribution in [1.82, 2.24) is 9.88 Å². The van der Waals surface area contributed by atoms with Gasteiger partial charge in [0.15, 0.2) is 0 Å². The summed E-state index contributed by atoms with van der Waals surface area (Å²) in [6.07, 6.45) is 2.53. The Morgan fingerprint density at radius 1 is 1.29 bits per heavy atom. The number of piperidine rings is 1. The summed E-state index contributed by atoms with van der Waals surface area (Å²) in [6, 6.07) is 9.82. The van der Waals surface area contributed by atoms with Gasteiger partial charge in [0.2, 0.25) is 0 Å². The third kappa shape index (κ3) is 3.37. The van der Waals surface area contributed by atoms with Gasteiger partial charge in [-0.25, -0.2) is 14.4 Å². The van der Waals surface area contributed by atoms with E-state index in [0.29, 0.717) is 42.7 Å². The normalized spacial score (nSPS) is 16.9. The van der Waals surface area contributed by atoms with Gasteiger partial charge in [-0.3, -0.25) is 4.79 Å². The fourth-order valence-corrected chi connectivity index (χ4v) is 3.54. The van der Waals surface area contributed by atoms with Gasteiger partial charge in [-0.2, -0.15) is 5.26 Å². The van der Waals surface area contributed by atoms with Crippen molar-refractivity contribution in [2.75, 3.05) is 18.4 Å². The van der Waals surface area contributed by atoms with Crippen LogP contribution in [0.4, 0.5) is 10.1 Å². The molecule has 2 aliphatic rings. The molecule has 144 valence electrons. The lowest BCUT2D eigenvalue weighted by atomic mass is 9.93. The number of nitrogens with one attached hydrogen (secondary N) is 1. The third-order valence-electron chi connectivity index (χ3n) is 4.97. The van der Waals surface area contributed by atoms with Crippen LogP contribution in [0.5, 0.6) is 0 Å². The summed E-state index contributed by atoms with van der Waals surface area (Å²) in [7, 11) is 0. The van der Waals surface area contributed by atoms with E-state index in [1.807, 2.05) is 6.07 Å². The van der Waals surface area contributed by atoms with E-state index >= 15 is 0 Å². The average Bonchev–Trinajstić information content (AvgIpc) is 2.68. The number of nitriles is 1. The number of hydrogen-bond donors (Lipinski definition) is 2. The van der Waals surface area contributed by atoms with Crippen LogP contribution in [0.3, 0.4) is 0 Å². The zero-order valence-corrected chi connectivity index (χ0v) is 15.7. The van der Waals surface area contributed by atoms with Crippen LogP contribution in [0.2, 0.25) is 0 Å². The molecule has 0 unspecified atom stereocenters. The highest BCUT2D eigenvalue weighted by Gasteiger charge is 2.39. The van der Waals surface area contributed by atoms with Crippen LogP contribution in [0.25, 0.3) is 0 Å². The minimum Gasteiger partial charge on any atom is -0.383 e. The van der Waals surface area contributed by atoms with Crippen molar-refractivity contribution in [3.8, 4) is 6.07 Å². The number of pyridine rings is 1. The third-order valence-corrected chi connectivity index (χ3v) is 4.97. The van der Waals surface area contributed by atoms with Crippen molar-refractivity contribution in [2.24, 2.45) is 10.7 Å². The largest absolute Gasteiger partial charge is 0.383 e. The van der Waals surface area contributed by atoms with Crippen molar-refractivity contribution < 1.29 is 9.18 Å². The van der Waals surface area contributed by atoms with Gasteiger partial charge < -0.3 is 16.0 Å². The van der Waals surface area contributed by atoms with Crippen molar-refractivity contribution in [1.29, 1.82) is 5.26 Å². The van der Waals surface area contributed by atoms with E-state index in [1.165, 1.54) is 18.3 Å². The number of halogens is 2. The Morgan fingerprint density at radius 3 is 2.68 bits per heavy atom. The summed E-state index contributed by atoms with van der Waals surface area (Å²) >= 11 is 0. The molecule has 1 aromatic heterocycles. The number of carbonyl (C=O) groups is 1. The summed E-state index contributed by atoms with van der Waals surface area (Å²) in [5.74, 6) is -0.365. The van der Waals surface area contributed by atoms with Gasteiger partial charge >= 0.3 is 0 Å². The molecule has 9 heteroatoms. The van der Waals surface area contributed by atoms with E-state index in [1.54, 1.807) is 23.1 Å².